The van der Waals surface area contributed by atoms with Gasteiger partial charge in [0, 0.05) is 12.0 Å². The van der Waals surface area contributed by atoms with Crippen LogP contribution in [0.4, 0.5) is 0 Å². The van der Waals surface area contributed by atoms with Crippen LogP contribution in [0, 0.1) is 0 Å². The highest BCUT2D eigenvalue weighted by Crippen LogP contribution is 2.15. The van der Waals surface area contributed by atoms with E-state index in [1.165, 1.54) is 6.92 Å². The molecule has 1 atom stereocenters. The molecule has 0 heterocycles. The zero-order valence-electron chi connectivity index (χ0n) is 11.3. The summed E-state index contributed by atoms with van der Waals surface area (Å²) in [5.74, 6) is -0.505. The van der Waals surface area contributed by atoms with E-state index in [1.54, 1.807) is 21.0 Å². The van der Waals surface area contributed by atoms with E-state index in [0.29, 0.717) is 5.57 Å². The molecule has 1 N–H and O–H groups in total. The number of likely N-dealkylation sites (N-methyl/N-ethyl adjacent to an activating group) is 1. The molecule has 6 nitrogen and oxygen atoms in total. The average Bonchev–Trinajstić information content (AvgIpc) is 2.14. The molecule has 0 fully saturated rings. The predicted molar refractivity (Wildman–Crippen MR) is 68.4 cm³/mol. The first-order valence-electron chi connectivity index (χ1n) is 5.64. The van der Waals surface area contributed by atoms with Crippen molar-refractivity contribution in [2.24, 2.45) is 0 Å². The summed E-state index contributed by atoms with van der Waals surface area (Å²) >= 11 is 0. The molecule has 0 radical (unpaired) electrons. The molecule has 0 aliphatic heterocycles. The number of quaternary nitrogens is 1. The summed E-state index contributed by atoms with van der Waals surface area (Å²) in [4.78, 5) is 11.2. The lowest BCUT2D eigenvalue weighted by Crippen LogP contribution is -2.54. The summed E-state index contributed by atoms with van der Waals surface area (Å²) in [7, 11) is -0.799. The van der Waals surface area contributed by atoms with E-state index in [-0.39, 0.29) is 24.1 Å². The third kappa shape index (κ3) is 5.16. The second kappa shape index (κ2) is 6.31. The number of hydrogen-bond donors (Lipinski definition) is 1. The highest BCUT2D eigenvalue weighted by molar-refractivity contribution is 7.86. The van der Waals surface area contributed by atoms with Crippen molar-refractivity contribution in [3.63, 3.8) is 0 Å². The number of carbonyl (C=O) groups is 1. The van der Waals surface area contributed by atoms with Gasteiger partial charge in [-0.2, -0.15) is 8.42 Å². The molecular weight excluding hydrogens is 258 g/mol. The van der Waals surface area contributed by atoms with Crippen LogP contribution < -0.4 is 0 Å². The smallest absolute Gasteiger partial charge is 0.333 e. The number of rotatable bonds is 7. The van der Waals surface area contributed by atoms with Crippen LogP contribution in [-0.2, 0) is 19.6 Å². The van der Waals surface area contributed by atoms with Gasteiger partial charge in [-0.3, -0.25) is 4.55 Å². The zero-order valence-corrected chi connectivity index (χ0v) is 12.2. The highest BCUT2D eigenvalue weighted by atomic mass is 32.2. The van der Waals surface area contributed by atoms with E-state index in [0.717, 1.165) is 0 Å². The highest BCUT2D eigenvalue weighted by Gasteiger charge is 2.37. The van der Waals surface area contributed by atoms with Crippen molar-refractivity contribution in [3.8, 4) is 0 Å². The molecule has 18 heavy (non-hydrogen) atoms. The molecular formula is C11H22NO5S+. The molecule has 0 aromatic heterocycles. The molecule has 1 unspecified atom stereocenters. The predicted octanol–water partition coefficient (Wildman–Crippen LogP) is 0.806. The molecule has 0 aliphatic carbocycles. The van der Waals surface area contributed by atoms with Crippen LogP contribution >= 0.6 is 0 Å². The maximum atomic E-state index is 11.2. The molecule has 0 saturated heterocycles. The fraction of sp³-hybridized carbons (Fsp3) is 0.727. The summed E-state index contributed by atoms with van der Waals surface area (Å²) in [5, 5.41) is -0.930. The van der Waals surface area contributed by atoms with Crippen molar-refractivity contribution in [1.82, 2.24) is 0 Å². The van der Waals surface area contributed by atoms with Gasteiger partial charge in [-0.15, -0.1) is 0 Å². The molecule has 0 saturated carbocycles. The zero-order chi connectivity index (χ0) is 14.6. The summed E-state index contributed by atoms with van der Waals surface area (Å²) in [6.45, 7) is 7.02. The Bertz CT molecular complexity index is 413. The van der Waals surface area contributed by atoms with Crippen LogP contribution in [0.1, 0.15) is 20.3 Å². The molecule has 0 amide bonds. The van der Waals surface area contributed by atoms with Crippen molar-refractivity contribution in [1.29, 1.82) is 0 Å². The summed E-state index contributed by atoms with van der Waals surface area (Å²) < 4.78 is 36.6. The van der Waals surface area contributed by atoms with Gasteiger partial charge >= 0.3 is 16.1 Å². The van der Waals surface area contributed by atoms with E-state index in [1.807, 2.05) is 0 Å². The second-order valence-corrected chi connectivity index (χ2v) is 6.37. The Morgan fingerprint density at radius 1 is 1.44 bits per heavy atom. The van der Waals surface area contributed by atoms with E-state index in [4.69, 9.17) is 9.29 Å². The van der Waals surface area contributed by atoms with Gasteiger partial charge in [0.15, 0.2) is 0 Å². The monoisotopic (exact) mass is 280 g/mol. The minimum absolute atomic E-state index is 0.0266. The Kier molecular flexibility index (Phi) is 5.98. The Labute approximate surface area is 109 Å². The lowest BCUT2D eigenvalue weighted by molar-refractivity contribution is -0.901. The lowest BCUT2D eigenvalue weighted by Gasteiger charge is -2.35. The second-order valence-electron chi connectivity index (χ2n) is 4.80. The van der Waals surface area contributed by atoms with Gasteiger partial charge in [-0.05, 0) is 6.92 Å². The minimum atomic E-state index is -4.13. The summed E-state index contributed by atoms with van der Waals surface area (Å²) in [6.07, 6.45) is 0.278. The van der Waals surface area contributed by atoms with Crippen molar-refractivity contribution in [2.75, 3.05) is 27.2 Å². The van der Waals surface area contributed by atoms with Crippen LogP contribution in [0.3, 0.4) is 0 Å². The standard InChI is InChI=1S/C11H21NO5S/c1-6-10(18(14,15)16)12(4,5)7-8-17-11(13)9(2)3/h10H,2,6-8H2,1,3-5H3/p+1. The molecule has 0 aromatic carbocycles. The van der Waals surface area contributed by atoms with Crippen molar-refractivity contribution >= 4 is 16.1 Å². The molecule has 0 bridgehead atoms. The van der Waals surface area contributed by atoms with E-state index >= 15 is 0 Å². The Morgan fingerprint density at radius 2 is 1.94 bits per heavy atom. The molecule has 7 heteroatoms. The fourth-order valence-electron chi connectivity index (χ4n) is 1.71. The molecule has 0 spiro atoms. The van der Waals surface area contributed by atoms with Crippen LogP contribution in [0.15, 0.2) is 12.2 Å². The summed E-state index contributed by atoms with van der Waals surface area (Å²) in [5.41, 5.74) is 0.294. The fourth-order valence-corrected chi connectivity index (χ4v) is 2.95. The maximum absolute atomic E-state index is 11.2. The number of nitrogens with zero attached hydrogens (tertiary/aromatic N) is 1. The van der Waals surface area contributed by atoms with Gasteiger partial charge in [0.05, 0.1) is 14.1 Å². The van der Waals surface area contributed by atoms with Crippen molar-refractivity contribution < 1.29 is 27.0 Å². The average molecular weight is 280 g/mol. The molecule has 0 rings (SSSR count). The molecule has 0 aromatic rings. The number of ether oxygens (including phenoxy) is 1. The van der Waals surface area contributed by atoms with E-state index in [9.17, 15) is 13.2 Å². The first-order valence-corrected chi connectivity index (χ1v) is 7.14. The van der Waals surface area contributed by atoms with Gasteiger partial charge in [0.25, 0.3) is 0 Å². The normalized spacial score (nSPS) is 14.1. The first-order chi connectivity index (χ1) is 8.02. The Balaban J connectivity index is 4.56. The maximum Gasteiger partial charge on any atom is 0.333 e. The van der Waals surface area contributed by atoms with Gasteiger partial charge in [0.1, 0.15) is 13.2 Å². The van der Waals surface area contributed by atoms with Gasteiger partial charge in [-0.1, -0.05) is 13.5 Å². The van der Waals surface area contributed by atoms with Gasteiger partial charge in [0.2, 0.25) is 5.37 Å². The number of carbonyl (C=O) groups excluding carboxylic acids is 1. The summed E-state index contributed by atoms with van der Waals surface area (Å²) in [6, 6.07) is 0. The molecule has 0 aliphatic rings. The van der Waals surface area contributed by atoms with Crippen LogP contribution in [0.5, 0.6) is 0 Å². The van der Waals surface area contributed by atoms with Crippen LogP contribution in [0.25, 0.3) is 0 Å². The van der Waals surface area contributed by atoms with Crippen molar-refractivity contribution in [3.05, 3.63) is 12.2 Å². The van der Waals surface area contributed by atoms with Gasteiger partial charge < -0.3 is 9.22 Å². The largest absolute Gasteiger partial charge is 0.456 e. The SMILES string of the molecule is C=C(C)C(=O)OCC[N+](C)(C)C(CC)S(=O)(=O)O. The third-order valence-corrected chi connectivity index (χ3v) is 4.31. The van der Waals surface area contributed by atoms with E-state index < -0.39 is 21.5 Å². The van der Waals surface area contributed by atoms with Crippen LogP contribution in [0.2, 0.25) is 0 Å². The number of esters is 1. The van der Waals surface area contributed by atoms with E-state index in [2.05, 4.69) is 6.58 Å². The number of hydrogen-bond acceptors (Lipinski definition) is 4. The topological polar surface area (TPSA) is 80.7 Å². The lowest BCUT2D eigenvalue weighted by atomic mass is 10.3. The van der Waals surface area contributed by atoms with Crippen molar-refractivity contribution in [2.45, 2.75) is 25.6 Å². The Hall–Kier alpha value is -0.920. The molecule has 106 valence electrons. The quantitative estimate of drug-likeness (QED) is 0.323. The van der Waals surface area contributed by atoms with Gasteiger partial charge in [-0.25, -0.2) is 4.79 Å². The van der Waals surface area contributed by atoms with Crippen LogP contribution in [-0.4, -0.2) is 56.0 Å². The minimum Gasteiger partial charge on any atom is -0.456 e. The first kappa shape index (κ1) is 17.1. The Morgan fingerprint density at radius 3 is 2.28 bits per heavy atom. The third-order valence-electron chi connectivity index (χ3n) is 2.72.